The van der Waals surface area contributed by atoms with E-state index < -0.39 is 0 Å². The highest BCUT2D eigenvalue weighted by molar-refractivity contribution is 5.71. The second kappa shape index (κ2) is 26.1. The van der Waals surface area contributed by atoms with Crippen molar-refractivity contribution in [3.63, 3.8) is 0 Å². The van der Waals surface area contributed by atoms with Gasteiger partial charge in [0.15, 0.2) is 0 Å². The standard InChI is InChI=1S/C31H62O2/c1-5-8-11-13-14-15-16-17-18-19-21-24-27-30(26-22-10-7-3)28-33-31(32)29(4)25-23-20-12-9-6-2/h29-30H,5-28H2,1-4H3. The molecular weight excluding hydrogens is 404 g/mol. The number of unbranched alkanes of at least 4 members (excludes halogenated alkanes) is 17. The van der Waals surface area contributed by atoms with E-state index in [1.54, 1.807) is 0 Å². The Bertz CT molecular complexity index is 392. The van der Waals surface area contributed by atoms with Crippen LogP contribution < -0.4 is 0 Å². The molecule has 0 fully saturated rings. The molecule has 0 aliphatic rings. The van der Waals surface area contributed by atoms with Crippen molar-refractivity contribution in [1.82, 2.24) is 0 Å². The monoisotopic (exact) mass is 466 g/mol. The van der Waals surface area contributed by atoms with Crippen molar-refractivity contribution in [3.05, 3.63) is 0 Å². The highest BCUT2D eigenvalue weighted by Crippen LogP contribution is 2.21. The molecule has 0 saturated carbocycles. The maximum Gasteiger partial charge on any atom is 0.308 e. The molecule has 0 saturated heterocycles. The molecule has 2 atom stereocenters. The molecule has 198 valence electrons. The van der Waals surface area contributed by atoms with Crippen molar-refractivity contribution < 1.29 is 9.53 Å². The first-order valence-corrected chi connectivity index (χ1v) is 15.3. The van der Waals surface area contributed by atoms with Gasteiger partial charge in [-0.2, -0.15) is 0 Å². The molecular formula is C31H62O2. The van der Waals surface area contributed by atoms with Gasteiger partial charge >= 0.3 is 5.97 Å². The minimum atomic E-state index is 0.0423. The van der Waals surface area contributed by atoms with Gasteiger partial charge in [0.05, 0.1) is 12.5 Å². The zero-order chi connectivity index (χ0) is 24.4. The Labute approximate surface area is 209 Å². The van der Waals surface area contributed by atoms with Gasteiger partial charge in [0.25, 0.3) is 0 Å². The van der Waals surface area contributed by atoms with Crippen molar-refractivity contribution in [1.29, 1.82) is 0 Å². The summed E-state index contributed by atoms with van der Waals surface area (Å²) in [5.41, 5.74) is 0. The first-order chi connectivity index (χ1) is 16.2. The summed E-state index contributed by atoms with van der Waals surface area (Å²) in [5, 5.41) is 0. The van der Waals surface area contributed by atoms with E-state index >= 15 is 0 Å². The zero-order valence-corrected chi connectivity index (χ0v) is 23.4. The molecule has 33 heavy (non-hydrogen) atoms. The van der Waals surface area contributed by atoms with E-state index in [9.17, 15) is 4.79 Å². The largest absolute Gasteiger partial charge is 0.465 e. The van der Waals surface area contributed by atoms with Crippen molar-refractivity contribution in [3.8, 4) is 0 Å². The summed E-state index contributed by atoms with van der Waals surface area (Å²) in [5.74, 6) is 0.676. The smallest absolute Gasteiger partial charge is 0.308 e. The van der Waals surface area contributed by atoms with Crippen LogP contribution in [0.2, 0.25) is 0 Å². The lowest BCUT2D eigenvalue weighted by atomic mass is 9.95. The van der Waals surface area contributed by atoms with Crippen LogP contribution >= 0.6 is 0 Å². The quantitative estimate of drug-likeness (QED) is 0.0935. The normalized spacial score (nSPS) is 13.2. The number of rotatable bonds is 26. The van der Waals surface area contributed by atoms with Crippen LogP contribution in [0.5, 0.6) is 0 Å². The molecule has 2 unspecified atom stereocenters. The first kappa shape index (κ1) is 32.5. The van der Waals surface area contributed by atoms with E-state index in [1.165, 1.54) is 135 Å². The highest BCUT2D eigenvalue weighted by Gasteiger charge is 2.17. The molecule has 0 aliphatic heterocycles. The number of carbonyl (C=O) groups is 1. The summed E-state index contributed by atoms with van der Waals surface area (Å²) >= 11 is 0. The molecule has 0 spiro atoms. The maximum atomic E-state index is 12.5. The van der Waals surface area contributed by atoms with Gasteiger partial charge in [-0.1, -0.05) is 156 Å². The predicted octanol–water partition coefficient (Wildman–Crippen LogP) is 10.8. The second-order valence-corrected chi connectivity index (χ2v) is 10.8. The molecule has 0 aliphatic carbocycles. The first-order valence-electron chi connectivity index (χ1n) is 15.3. The van der Waals surface area contributed by atoms with E-state index in [4.69, 9.17) is 4.74 Å². The lowest BCUT2D eigenvalue weighted by molar-refractivity contribution is -0.149. The lowest BCUT2D eigenvalue weighted by Crippen LogP contribution is -2.19. The molecule has 0 bridgehead atoms. The molecule has 0 aromatic heterocycles. The Morgan fingerprint density at radius 3 is 1.30 bits per heavy atom. The summed E-state index contributed by atoms with van der Waals surface area (Å²) in [4.78, 5) is 12.5. The zero-order valence-electron chi connectivity index (χ0n) is 23.4. The van der Waals surface area contributed by atoms with E-state index in [0.717, 1.165) is 12.8 Å². The van der Waals surface area contributed by atoms with Crippen molar-refractivity contribution in [2.75, 3.05) is 6.61 Å². The Kier molecular flexibility index (Phi) is 25.7. The van der Waals surface area contributed by atoms with Gasteiger partial charge in [0.2, 0.25) is 0 Å². The average molecular weight is 467 g/mol. The van der Waals surface area contributed by atoms with Gasteiger partial charge in [-0.3, -0.25) is 4.79 Å². The number of carbonyl (C=O) groups excluding carboxylic acids is 1. The van der Waals surface area contributed by atoms with Crippen molar-refractivity contribution in [2.24, 2.45) is 11.8 Å². The molecule has 0 aromatic rings. The predicted molar refractivity (Wildman–Crippen MR) is 147 cm³/mol. The van der Waals surface area contributed by atoms with Crippen molar-refractivity contribution >= 4 is 5.97 Å². The SMILES string of the molecule is CCCCCCCCCCCCCCC(CCCCC)COC(=O)C(C)CCCCCCC. The van der Waals surface area contributed by atoms with Gasteiger partial charge in [0, 0.05) is 0 Å². The summed E-state index contributed by atoms with van der Waals surface area (Å²) in [6.45, 7) is 9.51. The summed E-state index contributed by atoms with van der Waals surface area (Å²) in [6.07, 6.45) is 30.4. The summed E-state index contributed by atoms with van der Waals surface area (Å²) < 4.78 is 5.79. The Morgan fingerprint density at radius 2 is 0.848 bits per heavy atom. The van der Waals surface area contributed by atoms with Crippen LogP contribution in [0.1, 0.15) is 175 Å². The van der Waals surface area contributed by atoms with Crippen LogP contribution in [-0.4, -0.2) is 12.6 Å². The van der Waals surface area contributed by atoms with Crippen LogP contribution in [0, 0.1) is 11.8 Å². The lowest BCUT2D eigenvalue weighted by Gasteiger charge is -2.19. The van der Waals surface area contributed by atoms with Gasteiger partial charge in [-0.05, 0) is 25.2 Å². The second-order valence-electron chi connectivity index (χ2n) is 10.8. The van der Waals surface area contributed by atoms with E-state index in [-0.39, 0.29) is 11.9 Å². The third-order valence-corrected chi connectivity index (χ3v) is 7.29. The van der Waals surface area contributed by atoms with Gasteiger partial charge in [-0.15, -0.1) is 0 Å². The van der Waals surface area contributed by atoms with Crippen LogP contribution in [0.3, 0.4) is 0 Å². The molecule has 2 heteroatoms. The van der Waals surface area contributed by atoms with Crippen molar-refractivity contribution in [2.45, 2.75) is 175 Å². The van der Waals surface area contributed by atoms with Crippen LogP contribution in [-0.2, 0) is 9.53 Å². The fourth-order valence-electron chi connectivity index (χ4n) is 4.78. The molecule has 0 rings (SSSR count). The van der Waals surface area contributed by atoms with Crippen LogP contribution in [0.25, 0.3) is 0 Å². The number of hydrogen-bond donors (Lipinski definition) is 0. The van der Waals surface area contributed by atoms with Gasteiger partial charge in [0.1, 0.15) is 0 Å². The maximum absolute atomic E-state index is 12.5. The Hall–Kier alpha value is -0.530. The fraction of sp³-hybridized carbons (Fsp3) is 0.968. The molecule has 2 nitrogen and oxygen atoms in total. The molecule has 0 radical (unpaired) electrons. The fourth-order valence-corrected chi connectivity index (χ4v) is 4.78. The number of esters is 1. The minimum absolute atomic E-state index is 0.0423. The molecule has 0 aromatic carbocycles. The summed E-state index contributed by atoms with van der Waals surface area (Å²) in [6, 6.07) is 0. The van der Waals surface area contributed by atoms with Crippen LogP contribution in [0.4, 0.5) is 0 Å². The van der Waals surface area contributed by atoms with Crippen LogP contribution in [0.15, 0.2) is 0 Å². The van der Waals surface area contributed by atoms with E-state index in [2.05, 4.69) is 27.7 Å². The Morgan fingerprint density at radius 1 is 0.515 bits per heavy atom. The van der Waals surface area contributed by atoms with Gasteiger partial charge < -0.3 is 4.74 Å². The van der Waals surface area contributed by atoms with E-state index in [0.29, 0.717) is 12.5 Å². The Balaban J connectivity index is 3.89. The van der Waals surface area contributed by atoms with Gasteiger partial charge in [-0.25, -0.2) is 0 Å². The third-order valence-electron chi connectivity index (χ3n) is 7.29. The third kappa shape index (κ3) is 23.0. The topological polar surface area (TPSA) is 26.3 Å². The highest BCUT2D eigenvalue weighted by atomic mass is 16.5. The average Bonchev–Trinajstić information content (AvgIpc) is 2.82. The summed E-state index contributed by atoms with van der Waals surface area (Å²) in [7, 11) is 0. The molecule has 0 amide bonds. The number of hydrogen-bond acceptors (Lipinski definition) is 2. The molecule has 0 heterocycles. The number of ether oxygens (including phenoxy) is 1. The molecule has 0 N–H and O–H groups in total. The van der Waals surface area contributed by atoms with E-state index in [1.807, 2.05) is 0 Å². The minimum Gasteiger partial charge on any atom is -0.465 e.